The van der Waals surface area contributed by atoms with Gasteiger partial charge in [-0.05, 0) is 31.0 Å². The fourth-order valence-corrected chi connectivity index (χ4v) is 2.41. The minimum Gasteiger partial charge on any atom is -0.349 e. The predicted molar refractivity (Wildman–Crippen MR) is 80.0 cm³/mol. The maximum absolute atomic E-state index is 12.2. The molecule has 5 nitrogen and oxygen atoms in total. The molecule has 0 bridgehead atoms. The smallest absolute Gasteiger partial charge is 0.251 e. The summed E-state index contributed by atoms with van der Waals surface area (Å²) in [6.07, 6.45) is 2.21. The van der Waals surface area contributed by atoms with Gasteiger partial charge < -0.3 is 5.32 Å². The third-order valence-corrected chi connectivity index (χ3v) is 3.74. The van der Waals surface area contributed by atoms with Crippen LogP contribution < -0.4 is 10.2 Å². The number of amides is 3. The monoisotopic (exact) mass is 288 g/mol. The number of rotatable bonds is 5. The van der Waals surface area contributed by atoms with E-state index in [0.717, 1.165) is 17.7 Å². The molecule has 0 aliphatic carbocycles. The number of anilines is 1. The Hall–Kier alpha value is -2.17. The van der Waals surface area contributed by atoms with E-state index in [9.17, 15) is 14.4 Å². The summed E-state index contributed by atoms with van der Waals surface area (Å²) in [5.74, 6) is -0.597. The van der Waals surface area contributed by atoms with E-state index < -0.39 is 0 Å². The standard InChI is InChI=1S/C16H20N2O3/c1-3-12(4-2)17-16(21)11-6-5-7-13(10-11)18-14(19)8-9-15(18)20/h5-7,10,12H,3-4,8-9H2,1-2H3,(H,17,21). The molecule has 0 radical (unpaired) electrons. The molecule has 1 heterocycles. The Labute approximate surface area is 124 Å². The second kappa shape index (κ2) is 6.52. The molecule has 0 aromatic heterocycles. The summed E-state index contributed by atoms with van der Waals surface area (Å²) in [4.78, 5) is 36.8. The molecule has 1 aliphatic rings. The molecule has 0 atom stereocenters. The zero-order valence-electron chi connectivity index (χ0n) is 12.4. The molecule has 2 rings (SSSR count). The number of carbonyl (C=O) groups is 3. The van der Waals surface area contributed by atoms with Crippen molar-refractivity contribution >= 4 is 23.4 Å². The Bertz CT molecular complexity index is 548. The SMILES string of the molecule is CCC(CC)NC(=O)c1cccc(N2C(=O)CCC2=O)c1. The van der Waals surface area contributed by atoms with Crippen LogP contribution in [0.25, 0.3) is 0 Å². The average Bonchev–Trinajstić information content (AvgIpc) is 2.83. The highest BCUT2D eigenvalue weighted by Gasteiger charge is 2.30. The van der Waals surface area contributed by atoms with Crippen LogP contribution in [0.3, 0.4) is 0 Å². The first-order chi connectivity index (χ1) is 10.1. The summed E-state index contributed by atoms with van der Waals surface area (Å²) < 4.78 is 0. The van der Waals surface area contributed by atoms with Gasteiger partial charge in [0.15, 0.2) is 0 Å². The fraction of sp³-hybridized carbons (Fsp3) is 0.438. The molecule has 0 saturated carbocycles. The third kappa shape index (κ3) is 3.29. The minimum absolute atomic E-state index is 0.135. The van der Waals surface area contributed by atoms with Gasteiger partial charge in [-0.25, -0.2) is 0 Å². The van der Waals surface area contributed by atoms with Crippen LogP contribution in [-0.4, -0.2) is 23.8 Å². The van der Waals surface area contributed by atoms with E-state index in [1.54, 1.807) is 24.3 Å². The first-order valence-electron chi connectivity index (χ1n) is 7.33. The topological polar surface area (TPSA) is 66.5 Å². The molecule has 1 fully saturated rings. The summed E-state index contributed by atoms with van der Waals surface area (Å²) >= 11 is 0. The first kappa shape index (κ1) is 15.2. The Morgan fingerprint density at radius 2 is 1.81 bits per heavy atom. The highest BCUT2D eigenvalue weighted by atomic mass is 16.2. The Morgan fingerprint density at radius 1 is 1.19 bits per heavy atom. The number of hydrogen-bond acceptors (Lipinski definition) is 3. The molecule has 1 aromatic carbocycles. The van der Waals surface area contributed by atoms with Crippen molar-refractivity contribution in [2.45, 2.75) is 45.6 Å². The fourth-order valence-electron chi connectivity index (χ4n) is 2.41. The van der Waals surface area contributed by atoms with Crippen molar-refractivity contribution in [3.63, 3.8) is 0 Å². The molecule has 5 heteroatoms. The number of hydrogen-bond donors (Lipinski definition) is 1. The van der Waals surface area contributed by atoms with E-state index >= 15 is 0 Å². The minimum atomic E-state index is -0.211. The average molecular weight is 288 g/mol. The number of carbonyl (C=O) groups excluding carboxylic acids is 3. The van der Waals surface area contributed by atoms with Crippen LogP contribution in [0.2, 0.25) is 0 Å². The maximum atomic E-state index is 12.2. The van der Waals surface area contributed by atoms with E-state index in [0.29, 0.717) is 11.3 Å². The normalized spacial score (nSPS) is 14.9. The molecular formula is C16H20N2O3. The molecule has 0 unspecified atom stereocenters. The van der Waals surface area contributed by atoms with Gasteiger partial charge in [0.2, 0.25) is 11.8 Å². The van der Waals surface area contributed by atoms with Crippen LogP contribution in [-0.2, 0) is 9.59 Å². The molecule has 1 N–H and O–H groups in total. The van der Waals surface area contributed by atoms with Gasteiger partial charge in [-0.2, -0.15) is 0 Å². The van der Waals surface area contributed by atoms with Crippen LogP contribution in [0.5, 0.6) is 0 Å². The zero-order valence-corrected chi connectivity index (χ0v) is 12.4. The molecule has 1 saturated heterocycles. The number of benzene rings is 1. The van der Waals surface area contributed by atoms with Gasteiger partial charge in [0.25, 0.3) is 5.91 Å². The second-order valence-corrected chi connectivity index (χ2v) is 5.16. The van der Waals surface area contributed by atoms with Gasteiger partial charge in [-0.15, -0.1) is 0 Å². The first-order valence-corrected chi connectivity index (χ1v) is 7.33. The molecule has 21 heavy (non-hydrogen) atoms. The quantitative estimate of drug-likeness (QED) is 0.845. The second-order valence-electron chi connectivity index (χ2n) is 5.16. The predicted octanol–water partition coefficient (Wildman–Crippen LogP) is 2.26. The van der Waals surface area contributed by atoms with Crippen molar-refractivity contribution in [1.29, 1.82) is 0 Å². The highest BCUT2D eigenvalue weighted by molar-refractivity contribution is 6.20. The molecular weight excluding hydrogens is 268 g/mol. The molecule has 0 spiro atoms. The lowest BCUT2D eigenvalue weighted by Crippen LogP contribution is -2.34. The summed E-state index contributed by atoms with van der Waals surface area (Å²) in [5, 5.41) is 2.95. The summed E-state index contributed by atoms with van der Waals surface area (Å²) in [6, 6.07) is 6.78. The van der Waals surface area contributed by atoms with E-state index in [-0.39, 0.29) is 36.6 Å². The molecule has 3 amide bonds. The third-order valence-electron chi connectivity index (χ3n) is 3.74. The van der Waals surface area contributed by atoms with Crippen molar-refractivity contribution in [3.05, 3.63) is 29.8 Å². The Morgan fingerprint density at radius 3 is 2.38 bits per heavy atom. The van der Waals surface area contributed by atoms with E-state index in [4.69, 9.17) is 0 Å². The largest absolute Gasteiger partial charge is 0.349 e. The Kier molecular flexibility index (Phi) is 4.73. The van der Waals surface area contributed by atoms with Crippen molar-refractivity contribution in [3.8, 4) is 0 Å². The van der Waals surface area contributed by atoms with Crippen LogP contribution in [0.4, 0.5) is 5.69 Å². The van der Waals surface area contributed by atoms with Gasteiger partial charge in [-0.3, -0.25) is 19.3 Å². The van der Waals surface area contributed by atoms with Crippen LogP contribution in [0, 0.1) is 0 Å². The highest BCUT2D eigenvalue weighted by Crippen LogP contribution is 2.23. The van der Waals surface area contributed by atoms with E-state index in [1.165, 1.54) is 0 Å². The van der Waals surface area contributed by atoms with Crippen molar-refractivity contribution in [2.24, 2.45) is 0 Å². The molecule has 1 aromatic rings. The van der Waals surface area contributed by atoms with Crippen LogP contribution in [0.1, 0.15) is 49.9 Å². The van der Waals surface area contributed by atoms with Crippen molar-refractivity contribution in [1.82, 2.24) is 5.32 Å². The van der Waals surface area contributed by atoms with Gasteiger partial charge in [0.1, 0.15) is 0 Å². The van der Waals surface area contributed by atoms with E-state index in [1.807, 2.05) is 13.8 Å². The van der Waals surface area contributed by atoms with Crippen LogP contribution >= 0.6 is 0 Å². The number of nitrogens with one attached hydrogen (secondary N) is 1. The van der Waals surface area contributed by atoms with Crippen molar-refractivity contribution < 1.29 is 14.4 Å². The van der Waals surface area contributed by atoms with E-state index in [2.05, 4.69) is 5.32 Å². The molecule has 1 aliphatic heterocycles. The zero-order chi connectivity index (χ0) is 15.4. The van der Waals surface area contributed by atoms with Crippen molar-refractivity contribution in [2.75, 3.05) is 4.90 Å². The number of nitrogens with zero attached hydrogens (tertiary/aromatic N) is 1. The van der Waals surface area contributed by atoms with Crippen LogP contribution in [0.15, 0.2) is 24.3 Å². The maximum Gasteiger partial charge on any atom is 0.251 e. The number of imide groups is 1. The molecule has 112 valence electrons. The van der Waals surface area contributed by atoms with Gasteiger partial charge in [0, 0.05) is 24.4 Å². The summed E-state index contributed by atoms with van der Waals surface area (Å²) in [5.41, 5.74) is 0.937. The van der Waals surface area contributed by atoms with Gasteiger partial charge in [0.05, 0.1) is 5.69 Å². The van der Waals surface area contributed by atoms with Gasteiger partial charge >= 0.3 is 0 Å². The lowest BCUT2D eigenvalue weighted by Gasteiger charge is -2.17. The summed E-state index contributed by atoms with van der Waals surface area (Å²) in [7, 11) is 0. The Balaban J connectivity index is 2.19. The lowest BCUT2D eigenvalue weighted by molar-refractivity contribution is -0.121. The summed E-state index contributed by atoms with van der Waals surface area (Å²) in [6.45, 7) is 4.04. The van der Waals surface area contributed by atoms with Gasteiger partial charge in [-0.1, -0.05) is 19.9 Å². The lowest BCUT2D eigenvalue weighted by atomic mass is 10.1.